The maximum atomic E-state index is 11.9. The van der Waals surface area contributed by atoms with Gasteiger partial charge in [0.15, 0.2) is 5.82 Å². The molecule has 1 aliphatic heterocycles. The Morgan fingerprint density at radius 3 is 2.61 bits per heavy atom. The summed E-state index contributed by atoms with van der Waals surface area (Å²) in [4.78, 5) is 13.7. The van der Waals surface area contributed by atoms with Crippen LogP contribution in [-0.2, 0) is 10.2 Å². The van der Waals surface area contributed by atoms with Crippen molar-refractivity contribution in [1.82, 2.24) is 5.16 Å². The van der Waals surface area contributed by atoms with Gasteiger partial charge in [0.25, 0.3) is 0 Å². The molecule has 6 heteroatoms. The lowest BCUT2D eigenvalue weighted by atomic mass is 9.93. The lowest BCUT2D eigenvalue weighted by molar-refractivity contribution is -0.123. The van der Waals surface area contributed by atoms with E-state index in [0.717, 1.165) is 11.4 Å². The van der Waals surface area contributed by atoms with E-state index in [0.29, 0.717) is 23.8 Å². The number of aromatic nitrogens is 1. The monoisotopic (exact) mass is 333 g/mol. The lowest BCUT2D eigenvalue weighted by Crippen LogP contribution is -2.56. The molecule has 5 nitrogen and oxygen atoms in total. The summed E-state index contributed by atoms with van der Waals surface area (Å²) in [5, 5.41) is 7.94. The number of rotatable bonds is 4. The molecule has 0 saturated carbocycles. The fraction of sp³-hybridized carbons (Fsp3) is 0.412. The predicted octanol–water partition coefficient (Wildman–Crippen LogP) is 3.84. The first-order valence-corrected chi connectivity index (χ1v) is 8.01. The summed E-state index contributed by atoms with van der Waals surface area (Å²) in [6.07, 6.45) is 0.527. The summed E-state index contributed by atoms with van der Waals surface area (Å²) in [7, 11) is 0. The second kappa shape index (κ2) is 5.89. The molecule has 1 saturated heterocycles. The summed E-state index contributed by atoms with van der Waals surface area (Å²) in [5.41, 5.74) is 0.794. The van der Waals surface area contributed by atoms with Crippen LogP contribution in [0.2, 0.25) is 5.02 Å². The van der Waals surface area contributed by atoms with Crippen molar-refractivity contribution in [3.63, 3.8) is 0 Å². The van der Waals surface area contributed by atoms with Crippen LogP contribution in [0.25, 0.3) is 0 Å². The van der Waals surface area contributed by atoms with Gasteiger partial charge >= 0.3 is 0 Å². The number of hydrogen-bond acceptors (Lipinski definition) is 4. The normalized spacial score (nSPS) is 18.0. The second-order valence-electron chi connectivity index (χ2n) is 6.81. The van der Waals surface area contributed by atoms with Crippen LogP contribution in [-0.4, -0.2) is 23.7 Å². The number of nitrogens with one attached hydrogen (secondary N) is 1. The molecule has 1 aliphatic rings. The summed E-state index contributed by atoms with van der Waals surface area (Å²) in [5.74, 6) is 1.65. The third-order valence-electron chi connectivity index (χ3n) is 3.92. The van der Waals surface area contributed by atoms with E-state index in [4.69, 9.17) is 16.1 Å². The second-order valence-corrected chi connectivity index (χ2v) is 7.24. The molecule has 0 aliphatic carbocycles. The minimum atomic E-state index is -0.0747. The first-order valence-electron chi connectivity index (χ1n) is 7.63. The number of hydrogen-bond donors (Lipinski definition) is 1. The van der Waals surface area contributed by atoms with Gasteiger partial charge in [-0.3, -0.25) is 4.79 Å². The highest BCUT2D eigenvalue weighted by Gasteiger charge is 2.37. The molecule has 1 amide bonds. The van der Waals surface area contributed by atoms with E-state index < -0.39 is 0 Å². The smallest absolute Gasteiger partial charge is 0.229 e. The van der Waals surface area contributed by atoms with Gasteiger partial charge in [-0.2, -0.15) is 0 Å². The molecule has 1 N–H and O–H groups in total. The Balaban J connectivity index is 1.63. The van der Waals surface area contributed by atoms with Crippen LogP contribution in [0, 0.1) is 0 Å². The molecular formula is C17H20ClN3O2. The zero-order chi connectivity index (χ0) is 16.6. The van der Waals surface area contributed by atoms with Gasteiger partial charge in [-0.25, -0.2) is 0 Å². The maximum absolute atomic E-state index is 11.9. The van der Waals surface area contributed by atoms with E-state index >= 15 is 0 Å². The number of nitrogens with zero attached hydrogens (tertiary/aromatic N) is 2. The van der Waals surface area contributed by atoms with Gasteiger partial charge in [0.05, 0.1) is 6.04 Å². The first kappa shape index (κ1) is 15.9. The van der Waals surface area contributed by atoms with Crippen molar-refractivity contribution in [2.75, 3.05) is 16.8 Å². The van der Waals surface area contributed by atoms with Crippen LogP contribution in [0.3, 0.4) is 0 Å². The SMILES string of the molecule is CC(C)(C)c1cc(NC[C@@H]2CC(=O)N2c2ccc(Cl)cc2)no1. The Bertz CT molecular complexity index is 703. The van der Waals surface area contributed by atoms with Crippen LogP contribution in [0.1, 0.15) is 33.0 Å². The summed E-state index contributed by atoms with van der Waals surface area (Å²) in [6, 6.07) is 9.33. The molecule has 1 atom stereocenters. The summed E-state index contributed by atoms with van der Waals surface area (Å²) in [6.45, 7) is 6.85. The van der Waals surface area contributed by atoms with E-state index in [-0.39, 0.29) is 17.4 Å². The Hall–Kier alpha value is -2.01. The quantitative estimate of drug-likeness (QED) is 0.863. The Labute approximate surface area is 140 Å². The fourth-order valence-corrected chi connectivity index (χ4v) is 2.66. The highest BCUT2D eigenvalue weighted by molar-refractivity contribution is 6.30. The number of halogens is 1. The van der Waals surface area contributed by atoms with E-state index in [1.54, 1.807) is 17.0 Å². The van der Waals surface area contributed by atoms with Crippen molar-refractivity contribution >= 4 is 29.0 Å². The van der Waals surface area contributed by atoms with Crippen LogP contribution in [0.5, 0.6) is 0 Å². The van der Waals surface area contributed by atoms with Gasteiger partial charge in [-0.15, -0.1) is 0 Å². The van der Waals surface area contributed by atoms with Gasteiger partial charge in [-0.05, 0) is 24.3 Å². The van der Waals surface area contributed by atoms with Crippen molar-refractivity contribution in [3.05, 3.63) is 41.1 Å². The number of carbonyl (C=O) groups excluding carboxylic acids is 1. The van der Waals surface area contributed by atoms with E-state index in [1.165, 1.54) is 0 Å². The average Bonchev–Trinajstić information content (AvgIpc) is 2.94. The molecule has 0 unspecified atom stereocenters. The van der Waals surface area contributed by atoms with E-state index in [1.807, 2.05) is 18.2 Å². The van der Waals surface area contributed by atoms with Gasteiger partial charge in [0, 0.05) is 35.2 Å². The van der Waals surface area contributed by atoms with Crippen molar-refractivity contribution in [3.8, 4) is 0 Å². The third-order valence-corrected chi connectivity index (χ3v) is 4.17. The molecule has 0 bridgehead atoms. The molecule has 0 radical (unpaired) electrons. The molecule has 23 heavy (non-hydrogen) atoms. The number of benzene rings is 1. The third kappa shape index (κ3) is 3.34. The van der Waals surface area contributed by atoms with Gasteiger partial charge < -0.3 is 14.7 Å². The molecule has 3 rings (SSSR count). The van der Waals surface area contributed by atoms with Crippen LogP contribution >= 0.6 is 11.6 Å². The number of β-lactam (4-membered cyclic amide) rings is 1. The number of amides is 1. The average molecular weight is 334 g/mol. The fourth-order valence-electron chi connectivity index (χ4n) is 2.54. The topological polar surface area (TPSA) is 58.4 Å². The molecule has 1 aromatic carbocycles. The zero-order valence-corrected chi connectivity index (χ0v) is 14.2. The van der Waals surface area contributed by atoms with Gasteiger partial charge in [0.2, 0.25) is 5.91 Å². The van der Waals surface area contributed by atoms with Crippen LogP contribution in [0.15, 0.2) is 34.9 Å². The highest BCUT2D eigenvalue weighted by atomic mass is 35.5. The Morgan fingerprint density at radius 2 is 2.04 bits per heavy atom. The highest BCUT2D eigenvalue weighted by Crippen LogP contribution is 2.29. The molecule has 1 fully saturated rings. The standard InChI is InChI=1S/C17H20ClN3O2/c1-17(2,3)14-9-15(20-23-14)19-10-13-8-16(22)21(13)12-6-4-11(18)5-7-12/h4-7,9,13H,8,10H2,1-3H3,(H,19,20)/t13-/m0/s1. The summed E-state index contributed by atoms with van der Waals surface area (Å²) >= 11 is 5.90. The Morgan fingerprint density at radius 1 is 1.35 bits per heavy atom. The number of anilines is 2. The molecule has 2 heterocycles. The minimum Gasteiger partial charge on any atom is -0.365 e. The lowest BCUT2D eigenvalue weighted by Gasteiger charge is -2.40. The van der Waals surface area contributed by atoms with E-state index in [2.05, 4.69) is 31.2 Å². The van der Waals surface area contributed by atoms with Gasteiger partial charge in [0.1, 0.15) is 5.76 Å². The number of carbonyl (C=O) groups is 1. The molecule has 122 valence electrons. The van der Waals surface area contributed by atoms with E-state index in [9.17, 15) is 4.79 Å². The molecule has 0 spiro atoms. The maximum Gasteiger partial charge on any atom is 0.229 e. The largest absolute Gasteiger partial charge is 0.365 e. The van der Waals surface area contributed by atoms with Crippen LogP contribution < -0.4 is 10.2 Å². The minimum absolute atomic E-state index is 0.0747. The van der Waals surface area contributed by atoms with Crippen molar-refractivity contribution in [2.24, 2.45) is 0 Å². The van der Waals surface area contributed by atoms with Gasteiger partial charge in [-0.1, -0.05) is 37.5 Å². The molecule has 2 aromatic rings. The predicted molar refractivity (Wildman–Crippen MR) is 91.0 cm³/mol. The van der Waals surface area contributed by atoms with Crippen molar-refractivity contribution in [1.29, 1.82) is 0 Å². The first-order chi connectivity index (χ1) is 10.8. The zero-order valence-electron chi connectivity index (χ0n) is 13.5. The molecular weight excluding hydrogens is 314 g/mol. The Kier molecular flexibility index (Phi) is 4.06. The van der Waals surface area contributed by atoms with Crippen LogP contribution in [0.4, 0.5) is 11.5 Å². The summed E-state index contributed by atoms with van der Waals surface area (Å²) < 4.78 is 5.35. The van der Waals surface area contributed by atoms with Crippen molar-refractivity contribution < 1.29 is 9.32 Å². The van der Waals surface area contributed by atoms with Crippen molar-refractivity contribution in [2.45, 2.75) is 38.6 Å². The molecule has 1 aromatic heterocycles.